The van der Waals surface area contributed by atoms with Crippen LogP contribution in [0.25, 0.3) is 0 Å². The van der Waals surface area contributed by atoms with E-state index in [4.69, 9.17) is 16.3 Å². The summed E-state index contributed by atoms with van der Waals surface area (Å²) < 4.78 is 5.88. The van der Waals surface area contributed by atoms with Gasteiger partial charge in [0.05, 0.1) is 6.10 Å². The molecule has 0 aromatic rings. The van der Waals surface area contributed by atoms with Gasteiger partial charge in [0.15, 0.2) is 0 Å². The minimum absolute atomic E-state index is 0.0275. The molecule has 1 saturated carbocycles. The third-order valence-electron chi connectivity index (χ3n) is 7.87. The van der Waals surface area contributed by atoms with E-state index in [1.807, 2.05) is 6.92 Å². The van der Waals surface area contributed by atoms with Gasteiger partial charge in [-0.25, -0.2) is 0 Å². The molecule has 3 fully saturated rings. The molecule has 0 radical (unpaired) electrons. The van der Waals surface area contributed by atoms with Gasteiger partial charge in [-0.1, -0.05) is 41.9 Å². The zero-order valence-corrected chi connectivity index (χ0v) is 23.9. The van der Waals surface area contributed by atoms with Crippen LogP contribution in [0.1, 0.15) is 59.3 Å². The molecule has 7 atom stereocenters. The summed E-state index contributed by atoms with van der Waals surface area (Å²) in [6.45, 7) is 16.9. The predicted molar refractivity (Wildman–Crippen MR) is 146 cm³/mol. The third kappa shape index (κ3) is 8.98. The fourth-order valence-corrected chi connectivity index (χ4v) is 6.96. The van der Waals surface area contributed by atoms with E-state index in [1.54, 1.807) is 0 Å². The molecule has 0 spiro atoms. The van der Waals surface area contributed by atoms with Gasteiger partial charge in [0.25, 0.3) is 0 Å². The summed E-state index contributed by atoms with van der Waals surface area (Å²) >= 11 is 10.5. The monoisotopic (exact) mass is 562 g/mol. The molecule has 2 saturated heterocycles. The second kappa shape index (κ2) is 14.3. The van der Waals surface area contributed by atoms with Crippen molar-refractivity contribution in [1.29, 1.82) is 0 Å². The van der Waals surface area contributed by atoms with E-state index in [0.717, 1.165) is 71.5 Å². The number of alkyl halides is 2. The number of ether oxygens (including phenoxy) is 1. The normalized spacial score (nSPS) is 34.9. The van der Waals surface area contributed by atoms with Gasteiger partial charge in [-0.2, -0.15) is 0 Å². The Balaban J connectivity index is 1.59. The van der Waals surface area contributed by atoms with Crippen molar-refractivity contribution in [1.82, 2.24) is 20.4 Å². The fourth-order valence-electron chi connectivity index (χ4n) is 5.92. The van der Waals surface area contributed by atoms with Crippen molar-refractivity contribution in [2.45, 2.75) is 94.1 Å². The van der Waals surface area contributed by atoms with Gasteiger partial charge < -0.3 is 20.5 Å². The minimum Gasteiger partial charge on any atom is -0.356 e. The van der Waals surface area contributed by atoms with E-state index < -0.39 is 6.41 Å². The van der Waals surface area contributed by atoms with Crippen LogP contribution in [0.3, 0.4) is 0 Å². The predicted octanol–water partition coefficient (Wildman–Crippen LogP) is 3.77. The van der Waals surface area contributed by atoms with Gasteiger partial charge in [0.1, 0.15) is 0 Å². The van der Waals surface area contributed by atoms with Crippen molar-refractivity contribution in [3.05, 3.63) is 12.2 Å². The highest BCUT2D eigenvalue weighted by atomic mass is 79.9. The molecule has 3 rings (SSSR count). The van der Waals surface area contributed by atoms with Crippen molar-refractivity contribution < 1.29 is 9.84 Å². The summed E-state index contributed by atoms with van der Waals surface area (Å²) in [6.07, 6.45) is 5.96. The smallest absolute Gasteiger partial charge is 0.216 e. The molecule has 0 bridgehead atoms. The first-order valence-corrected chi connectivity index (χ1v) is 14.8. The van der Waals surface area contributed by atoms with Gasteiger partial charge in [0.2, 0.25) is 6.41 Å². The van der Waals surface area contributed by atoms with Crippen LogP contribution in [0.2, 0.25) is 0 Å². The van der Waals surface area contributed by atoms with E-state index >= 15 is 0 Å². The van der Waals surface area contributed by atoms with Crippen LogP contribution >= 0.6 is 27.5 Å². The molecule has 198 valence electrons. The van der Waals surface area contributed by atoms with Gasteiger partial charge in [0, 0.05) is 68.1 Å². The van der Waals surface area contributed by atoms with Crippen molar-refractivity contribution in [2.24, 2.45) is 11.8 Å². The second-order valence-corrected chi connectivity index (χ2v) is 13.0. The van der Waals surface area contributed by atoms with E-state index in [1.165, 1.54) is 18.4 Å². The maximum absolute atomic E-state index is 10.7. The Morgan fingerprint density at radius 3 is 2.62 bits per heavy atom. The van der Waals surface area contributed by atoms with Gasteiger partial charge in [-0.15, -0.1) is 11.6 Å². The molecule has 0 aromatic carbocycles. The lowest BCUT2D eigenvalue weighted by Crippen LogP contribution is -2.59. The van der Waals surface area contributed by atoms with Crippen molar-refractivity contribution in [2.75, 3.05) is 45.8 Å². The van der Waals surface area contributed by atoms with Gasteiger partial charge in [-0.3, -0.25) is 9.80 Å². The van der Waals surface area contributed by atoms with Crippen LogP contribution < -0.4 is 10.6 Å². The average Bonchev–Trinajstić information content (AvgIpc) is 2.82. The highest BCUT2D eigenvalue weighted by Gasteiger charge is 2.39. The van der Waals surface area contributed by atoms with E-state index in [2.05, 4.69) is 56.8 Å². The average molecular weight is 564 g/mol. The zero-order valence-electron chi connectivity index (χ0n) is 21.5. The first-order valence-electron chi connectivity index (χ1n) is 13.4. The number of rotatable bonds is 7. The van der Waals surface area contributed by atoms with E-state index in [-0.39, 0.29) is 6.10 Å². The molecule has 7 unspecified atom stereocenters. The maximum atomic E-state index is 10.7. The van der Waals surface area contributed by atoms with Crippen LogP contribution in [0, 0.1) is 11.8 Å². The molecule has 2 heterocycles. The lowest BCUT2D eigenvalue weighted by Gasteiger charge is -2.47. The van der Waals surface area contributed by atoms with Crippen LogP contribution in [0.15, 0.2) is 12.2 Å². The summed E-state index contributed by atoms with van der Waals surface area (Å²) in [5, 5.41) is 18.1. The highest BCUT2D eigenvalue weighted by molar-refractivity contribution is 9.09. The molecule has 0 amide bonds. The number of hydrogen-bond donors (Lipinski definition) is 3. The summed E-state index contributed by atoms with van der Waals surface area (Å²) in [5.41, 5.74) is 1.36. The zero-order chi connectivity index (χ0) is 24.7. The number of fused-ring (bicyclic) bond motifs is 1. The number of nitrogens with zero attached hydrogens (tertiary/aromatic N) is 2. The van der Waals surface area contributed by atoms with E-state index in [9.17, 15) is 5.11 Å². The lowest BCUT2D eigenvalue weighted by atomic mass is 9.72. The Hall–Kier alpha value is 0.270. The second-order valence-electron chi connectivity index (χ2n) is 11.1. The van der Waals surface area contributed by atoms with Crippen molar-refractivity contribution in [3.8, 4) is 0 Å². The Labute approximate surface area is 221 Å². The first-order chi connectivity index (χ1) is 16.2. The number of piperazine rings is 1. The fraction of sp³-hybridized carbons (Fsp3) is 0.923. The van der Waals surface area contributed by atoms with Gasteiger partial charge >= 0.3 is 0 Å². The van der Waals surface area contributed by atoms with Crippen LogP contribution in [0.5, 0.6) is 0 Å². The van der Waals surface area contributed by atoms with Crippen molar-refractivity contribution >= 4 is 27.5 Å². The third-order valence-corrected chi connectivity index (χ3v) is 8.91. The summed E-state index contributed by atoms with van der Waals surface area (Å²) in [6, 6.07) is 0.923. The largest absolute Gasteiger partial charge is 0.356 e. The Bertz CT molecular complexity index is 620. The minimum atomic E-state index is -0.837. The summed E-state index contributed by atoms with van der Waals surface area (Å²) in [4.78, 5) is 5.19. The number of allylic oxidation sites excluding steroid dienone is 1. The molecule has 8 heteroatoms. The lowest BCUT2D eigenvalue weighted by molar-refractivity contribution is -0.221. The Kier molecular flexibility index (Phi) is 12.1. The molecule has 3 aliphatic rings. The first kappa shape index (κ1) is 28.8. The van der Waals surface area contributed by atoms with Crippen LogP contribution in [-0.2, 0) is 4.74 Å². The number of halogens is 2. The molecular formula is C26H48BrClN4O2. The topological polar surface area (TPSA) is 60.0 Å². The molecule has 34 heavy (non-hydrogen) atoms. The number of nitrogens with one attached hydrogen (secondary N) is 2. The Morgan fingerprint density at radius 2 is 1.91 bits per heavy atom. The molecular weight excluding hydrogens is 516 g/mol. The number of hydrogen-bond acceptors (Lipinski definition) is 6. The number of aliphatic hydroxyl groups excluding tert-OH is 1. The molecule has 2 aliphatic heterocycles. The molecule has 6 nitrogen and oxygen atoms in total. The van der Waals surface area contributed by atoms with Crippen molar-refractivity contribution in [3.63, 3.8) is 0 Å². The molecule has 0 aromatic heterocycles. The SMILES string of the molecule is C=C1CCC2CC(Cl)CCC2C(N2CCN(C(O)OC(C)CNC(C)C)CC2)CNCC(Br)C1. The molecule has 3 N–H and O–H groups in total. The van der Waals surface area contributed by atoms with Crippen LogP contribution in [0.4, 0.5) is 0 Å². The Morgan fingerprint density at radius 1 is 1.18 bits per heavy atom. The quantitative estimate of drug-likeness (QED) is 0.249. The summed E-state index contributed by atoms with van der Waals surface area (Å²) in [5.74, 6) is 1.32. The van der Waals surface area contributed by atoms with Gasteiger partial charge in [-0.05, 0) is 57.3 Å². The summed E-state index contributed by atoms with van der Waals surface area (Å²) in [7, 11) is 0. The van der Waals surface area contributed by atoms with E-state index in [0.29, 0.717) is 34.1 Å². The van der Waals surface area contributed by atoms with Crippen LogP contribution in [-0.4, -0.2) is 95.5 Å². The standard InChI is InChI=1S/C26H48BrClN4O2/c1-18(2)30-15-20(4)34-26(33)32-11-9-31(10-12-32)25-17-29-16-22(27)13-19(3)5-6-21-14-23(28)7-8-24(21)25/h18,20-26,29-30,33H,3,5-17H2,1-2,4H3. The highest BCUT2D eigenvalue weighted by Crippen LogP contribution is 2.40. The maximum Gasteiger partial charge on any atom is 0.216 e. The molecule has 1 aliphatic carbocycles. The number of aliphatic hydroxyl groups is 1.